The van der Waals surface area contributed by atoms with Crippen molar-refractivity contribution in [2.75, 3.05) is 21.3 Å². The first-order chi connectivity index (χ1) is 16.6. The third-order valence-electron chi connectivity index (χ3n) is 6.87. The van der Waals surface area contributed by atoms with Gasteiger partial charge in [-0.2, -0.15) is 0 Å². The monoisotopic (exact) mass is 474 g/mol. The number of aliphatic hydroxyl groups excluding tert-OH is 1. The quantitative estimate of drug-likeness (QED) is 0.305. The van der Waals surface area contributed by atoms with Crippen molar-refractivity contribution < 1.29 is 24.1 Å². The van der Waals surface area contributed by atoms with Crippen molar-refractivity contribution in [2.45, 2.75) is 40.9 Å². The van der Waals surface area contributed by atoms with Gasteiger partial charge >= 0.3 is 5.97 Å². The highest BCUT2D eigenvalue weighted by Crippen LogP contribution is 2.39. The number of aryl methyl sites for hydroxylation is 3. The molecule has 0 radical (unpaired) electrons. The van der Waals surface area contributed by atoms with Crippen LogP contribution in [0.15, 0.2) is 24.3 Å². The summed E-state index contributed by atoms with van der Waals surface area (Å²) in [7, 11) is 4.36. The number of ether oxygens (including phenoxy) is 3. The molecule has 1 N–H and O–H groups in total. The van der Waals surface area contributed by atoms with Crippen molar-refractivity contribution in [2.24, 2.45) is 0 Å². The standard InChI is InChI=1S/C28H30N2O5/c1-13-9-18-11-21(29-25(28(32)35-8)23(18)17(5)15(13)3)24-19-10-14(2)16(4)26(33-6)20(19)12-22(30-24)27(31)34-7/h9-12,28,32H,1-8H3. The molecular formula is C28H30N2O5. The molecule has 4 aromatic rings. The van der Waals surface area contributed by atoms with Crippen LogP contribution in [-0.4, -0.2) is 42.4 Å². The molecule has 1 atom stereocenters. The highest BCUT2D eigenvalue weighted by Gasteiger charge is 2.23. The molecule has 7 nitrogen and oxygen atoms in total. The lowest BCUT2D eigenvalue weighted by Gasteiger charge is -2.19. The Morgan fingerprint density at radius 2 is 1.54 bits per heavy atom. The van der Waals surface area contributed by atoms with E-state index in [1.165, 1.54) is 14.2 Å². The Kier molecular flexibility index (Phi) is 6.49. The number of rotatable bonds is 5. The molecule has 182 valence electrons. The Balaban J connectivity index is 2.18. The minimum atomic E-state index is -1.23. The summed E-state index contributed by atoms with van der Waals surface area (Å²) >= 11 is 0. The Bertz CT molecular complexity index is 1490. The van der Waals surface area contributed by atoms with E-state index in [2.05, 4.69) is 18.0 Å². The van der Waals surface area contributed by atoms with Crippen LogP contribution < -0.4 is 4.74 Å². The number of fused-ring (bicyclic) bond motifs is 2. The van der Waals surface area contributed by atoms with E-state index in [0.29, 0.717) is 22.8 Å². The van der Waals surface area contributed by atoms with Gasteiger partial charge < -0.3 is 19.3 Å². The molecule has 0 saturated carbocycles. The van der Waals surface area contributed by atoms with Gasteiger partial charge in [-0.3, -0.25) is 0 Å². The van der Waals surface area contributed by atoms with E-state index in [-0.39, 0.29) is 5.69 Å². The maximum absolute atomic E-state index is 12.5. The van der Waals surface area contributed by atoms with Crippen LogP contribution in [-0.2, 0) is 9.47 Å². The number of methoxy groups -OCH3 is 3. The number of carbonyl (C=O) groups excluding carboxylic acids is 1. The minimum absolute atomic E-state index is 0.142. The van der Waals surface area contributed by atoms with Gasteiger partial charge in [0.05, 0.1) is 25.6 Å². The van der Waals surface area contributed by atoms with Crippen LogP contribution in [0.1, 0.15) is 50.3 Å². The molecule has 2 aromatic carbocycles. The fraction of sp³-hybridized carbons (Fsp3) is 0.321. The second kappa shape index (κ2) is 9.24. The van der Waals surface area contributed by atoms with Crippen LogP contribution in [0, 0.1) is 34.6 Å². The van der Waals surface area contributed by atoms with Gasteiger partial charge in [0.1, 0.15) is 17.1 Å². The van der Waals surface area contributed by atoms with E-state index < -0.39 is 12.3 Å². The van der Waals surface area contributed by atoms with E-state index in [1.54, 1.807) is 13.2 Å². The third-order valence-corrected chi connectivity index (χ3v) is 6.87. The Morgan fingerprint density at radius 3 is 2.17 bits per heavy atom. The minimum Gasteiger partial charge on any atom is -0.496 e. The van der Waals surface area contributed by atoms with Crippen molar-refractivity contribution in [3.05, 3.63) is 63.5 Å². The van der Waals surface area contributed by atoms with Gasteiger partial charge in [-0.15, -0.1) is 0 Å². The van der Waals surface area contributed by atoms with E-state index in [0.717, 1.165) is 49.4 Å². The second-order valence-electron chi connectivity index (χ2n) is 8.82. The van der Waals surface area contributed by atoms with Crippen LogP contribution >= 0.6 is 0 Å². The first kappa shape index (κ1) is 24.6. The molecule has 2 heterocycles. The van der Waals surface area contributed by atoms with Gasteiger partial charge in [-0.1, -0.05) is 6.07 Å². The van der Waals surface area contributed by atoms with E-state index in [4.69, 9.17) is 19.2 Å². The Labute approximate surface area is 204 Å². The Hall–Kier alpha value is -3.55. The number of carbonyl (C=O) groups is 1. The molecule has 0 aliphatic heterocycles. The van der Waals surface area contributed by atoms with Crippen LogP contribution in [0.4, 0.5) is 0 Å². The summed E-state index contributed by atoms with van der Waals surface area (Å²) in [6.45, 7) is 10.1. The van der Waals surface area contributed by atoms with Crippen molar-refractivity contribution in [1.82, 2.24) is 9.97 Å². The average Bonchev–Trinajstić information content (AvgIpc) is 2.85. The molecular weight excluding hydrogens is 444 g/mol. The van der Waals surface area contributed by atoms with Gasteiger partial charge in [0.25, 0.3) is 0 Å². The summed E-state index contributed by atoms with van der Waals surface area (Å²) in [4.78, 5) is 22.0. The topological polar surface area (TPSA) is 90.8 Å². The zero-order valence-electron chi connectivity index (χ0n) is 21.4. The maximum atomic E-state index is 12.5. The van der Waals surface area contributed by atoms with Crippen molar-refractivity contribution in [3.63, 3.8) is 0 Å². The van der Waals surface area contributed by atoms with Gasteiger partial charge in [0, 0.05) is 23.3 Å². The van der Waals surface area contributed by atoms with Gasteiger partial charge in [0.15, 0.2) is 6.29 Å². The molecule has 35 heavy (non-hydrogen) atoms. The van der Waals surface area contributed by atoms with Crippen LogP contribution in [0.3, 0.4) is 0 Å². The van der Waals surface area contributed by atoms with E-state index in [1.807, 2.05) is 39.8 Å². The lowest BCUT2D eigenvalue weighted by atomic mass is 9.93. The molecule has 7 heteroatoms. The lowest BCUT2D eigenvalue weighted by Crippen LogP contribution is -2.09. The maximum Gasteiger partial charge on any atom is 0.356 e. The van der Waals surface area contributed by atoms with Crippen molar-refractivity contribution in [3.8, 4) is 17.1 Å². The third kappa shape index (κ3) is 4.00. The molecule has 0 amide bonds. The number of esters is 1. The number of pyridine rings is 2. The summed E-state index contributed by atoms with van der Waals surface area (Å²) in [5.41, 5.74) is 6.81. The first-order valence-corrected chi connectivity index (χ1v) is 11.3. The Morgan fingerprint density at radius 1 is 0.857 bits per heavy atom. The molecule has 1 unspecified atom stereocenters. The number of aliphatic hydroxyl groups is 1. The molecule has 2 aromatic heterocycles. The zero-order valence-corrected chi connectivity index (χ0v) is 21.4. The molecule has 0 spiro atoms. The van der Waals surface area contributed by atoms with Gasteiger partial charge in [-0.05, 0) is 86.0 Å². The number of benzene rings is 2. The number of nitrogens with zero attached hydrogens (tertiary/aromatic N) is 2. The molecule has 0 aliphatic carbocycles. The molecule has 0 aliphatic rings. The predicted molar refractivity (Wildman–Crippen MR) is 136 cm³/mol. The first-order valence-electron chi connectivity index (χ1n) is 11.3. The summed E-state index contributed by atoms with van der Waals surface area (Å²) < 4.78 is 16.0. The van der Waals surface area contributed by atoms with Crippen LogP contribution in [0.25, 0.3) is 32.9 Å². The number of hydrogen-bond donors (Lipinski definition) is 1. The van der Waals surface area contributed by atoms with Gasteiger partial charge in [-0.25, -0.2) is 14.8 Å². The lowest BCUT2D eigenvalue weighted by molar-refractivity contribution is -0.0787. The fourth-order valence-corrected chi connectivity index (χ4v) is 4.61. The summed E-state index contributed by atoms with van der Waals surface area (Å²) in [6, 6.07) is 7.70. The fourth-order valence-electron chi connectivity index (χ4n) is 4.61. The smallest absolute Gasteiger partial charge is 0.356 e. The highest BCUT2D eigenvalue weighted by atomic mass is 16.6. The van der Waals surface area contributed by atoms with Crippen molar-refractivity contribution in [1.29, 1.82) is 0 Å². The molecule has 0 saturated heterocycles. The van der Waals surface area contributed by atoms with Crippen LogP contribution in [0.2, 0.25) is 0 Å². The average molecular weight is 475 g/mol. The summed E-state index contributed by atoms with van der Waals surface area (Å²) in [6.07, 6.45) is -1.23. The predicted octanol–water partition coefficient (Wildman–Crippen LogP) is 5.42. The number of aromatic nitrogens is 2. The SMILES string of the molecule is COC(=O)c1cc2c(OC)c(C)c(C)cc2c(-c2cc3cc(C)c(C)c(C)c3c(C(O)OC)n2)n1. The normalized spacial score (nSPS) is 12.3. The second-order valence-corrected chi connectivity index (χ2v) is 8.82. The van der Waals surface area contributed by atoms with Crippen molar-refractivity contribution >= 4 is 27.5 Å². The molecule has 0 fully saturated rings. The largest absolute Gasteiger partial charge is 0.496 e. The summed E-state index contributed by atoms with van der Waals surface area (Å²) in [5, 5.41) is 14.0. The molecule has 4 rings (SSSR count). The van der Waals surface area contributed by atoms with Crippen LogP contribution in [0.5, 0.6) is 5.75 Å². The van der Waals surface area contributed by atoms with E-state index in [9.17, 15) is 9.90 Å². The summed E-state index contributed by atoms with van der Waals surface area (Å²) in [5.74, 6) is 0.0998. The molecule has 0 bridgehead atoms. The van der Waals surface area contributed by atoms with Gasteiger partial charge in [0.2, 0.25) is 0 Å². The highest BCUT2D eigenvalue weighted by molar-refractivity contribution is 6.04. The zero-order chi connectivity index (χ0) is 25.6. The number of hydrogen-bond acceptors (Lipinski definition) is 7. The van der Waals surface area contributed by atoms with E-state index >= 15 is 0 Å².